The highest BCUT2D eigenvalue weighted by Crippen LogP contribution is 2.19. The van der Waals surface area contributed by atoms with E-state index in [2.05, 4.69) is 5.10 Å². The third-order valence-electron chi connectivity index (χ3n) is 3.67. The first kappa shape index (κ1) is 15.4. The Kier molecular flexibility index (Phi) is 4.47. The molecule has 0 aliphatic carbocycles. The maximum absolute atomic E-state index is 12.1. The summed E-state index contributed by atoms with van der Waals surface area (Å²) in [6, 6.07) is 9.46. The van der Waals surface area contributed by atoms with Crippen LogP contribution in [-0.2, 0) is 18.4 Å². The summed E-state index contributed by atoms with van der Waals surface area (Å²) in [7, 11) is 1.78. The minimum Gasteiger partial charge on any atom is -0.482 e. The van der Waals surface area contributed by atoms with Gasteiger partial charge in [0, 0.05) is 7.05 Å². The van der Waals surface area contributed by atoms with Crippen LogP contribution in [-0.4, -0.2) is 51.2 Å². The first-order chi connectivity index (χ1) is 11.1. The Morgan fingerprint density at radius 3 is 2.83 bits per heavy atom. The SMILES string of the molecule is Cn1cc(O[C@@H]2CN(C(=O)OCc3ccccc3)C[C@H]2O)cn1. The average Bonchev–Trinajstić information content (AvgIpc) is 3.13. The molecule has 0 radical (unpaired) electrons. The Hall–Kier alpha value is -2.54. The van der Waals surface area contributed by atoms with E-state index in [-0.39, 0.29) is 19.7 Å². The predicted octanol–water partition coefficient (Wildman–Crippen LogP) is 1.18. The van der Waals surface area contributed by atoms with Crippen molar-refractivity contribution in [2.75, 3.05) is 13.1 Å². The third kappa shape index (κ3) is 3.81. The summed E-state index contributed by atoms with van der Waals surface area (Å²) in [5.41, 5.74) is 0.920. The number of aliphatic hydroxyl groups is 1. The normalized spacial score (nSPS) is 20.5. The second kappa shape index (κ2) is 6.70. The van der Waals surface area contributed by atoms with Crippen molar-refractivity contribution in [2.45, 2.75) is 18.8 Å². The average molecular weight is 317 g/mol. The van der Waals surface area contributed by atoms with Crippen molar-refractivity contribution in [1.29, 1.82) is 0 Å². The van der Waals surface area contributed by atoms with E-state index in [1.54, 1.807) is 24.1 Å². The van der Waals surface area contributed by atoms with Crippen molar-refractivity contribution in [3.05, 3.63) is 48.3 Å². The van der Waals surface area contributed by atoms with E-state index in [1.165, 1.54) is 4.90 Å². The number of aromatic nitrogens is 2. The molecule has 1 aromatic carbocycles. The van der Waals surface area contributed by atoms with Gasteiger partial charge in [-0.15, -0.1) is 0 Å². The van der Waals surface area contributed by atoms with Crippen molar-refractivity contribution < 1.29 is 19.4 Å². The highest BCUT2D eigenvalue weighted by molar-refractivity contribution is 5.68. The monoisotopic (exact) mass is 317 g/mol. The van der Waals surface area contributed by atoms with Gasteiger partial charge in [0.1, 0.15) is 18.8 Å². The number of rotatable bonds is 4. The van der Waals surface area contributed by atoms with Crippen molar-refractivity contribution in [3.8, 4) is 5.75 Å². The molecule has 2 aromatic rings. The van der Waals surface area contributed by atoms with Crippen molar-refractivity contribution >= 4 is 6.09 Å². The fraction of sp³-hybridized carbons (Fsp3) is 0.375. The van der Waals surface area contributed by atoms with Gasteiger partial charge in [0.15, 0.2) is 5.75 Å². The van der Waals surface area contributed by atoms with Crippen LogP contribution in [0.25, 0.3) is 0 Å². The van der Waals surface area contributed by atoms with Gasteiger partial charge in [-0.2, -0.15) is 5.10 Å². The van der Waals surface area contributed by atoms with E-state index >= 15 is 0 Å². The molecule has 2 atom stereocenters. The molecular weight excluding hydrogens is 298 g/mol. The van der Waals surface area contributed by atoms with Crippen LogP contribution < -0.4 is 4.74 Å². The number of β-amino-alcohol motifs (C(OH)–C–C–N with tert-alkyl or cyclic N) is 1. The number of carbonyl (C=O) groups excluding carboxylic acids is 1. The maximum Gasteiger partial charge on any atom is 0.410 e. The number of likely N-dealkylation sites (tertiary alicyclic amines) is 1. The van der Waals surface area contributed by atoms with Crippen LogP contribution in [0.4, 0.5) is 4.79 Å². The number of carbonyl (C=O) groups is 1. The van der Waals surface area contributed by atoms with Gasteiger partial charge in [0.25, 0.3) is 0 Å². The molecule has 7 heteroatoms. The zero-order valence-corrected chi connectivity index (χ0v) is 12.8. The number of amides is 1. The lowest BCUT2D eigenvalue weighted by Gasteiger charge is -2.16. The summed E-state index contributed by atoms with van der Waals surface area (Å²) in [6.45, 7) is 0.683. The van der Waals surface area contributed by atoms with Gasteiger partial charge in [-0.3, -0.25) is 4.68 Å². The van der Waals surface area contributed by atoms with Gasteiger partial charge in [-0.05, 0) is 5.56 Å². The van der Waals surface area contributed by atoms with E-state index in [0.717, 1.165) is 5.56 Å². The van der Waals surface area contributed by atoms with Crippen molar-refractivity contribution in [3.63, 3.8) is 0 Å². The standard InChI is InChI=1S/C16H19N3O4/c1-18-8-13(7-17-18)23-15-10-19(9-14(15)20)16(21)22-11-12-5-3-2-4-6-12/h2-8,14-15,20H,9-11H2,1H3/t14-,15-/m1/s1. The molecule has 23 heavy (non-hydrogen) atoms. The van der Waals surface area contributed by atoms with Crippen molar-refractivity contribution in [2.24, 2.45) is 7.05 Å². The zero-order valence-electron chi connectivity index (χ0n) is 12.8. The zero-order chi connectivity index (χ0) is 16.2. The molecule has 3 rings (SSSR count). The molecule has 1 aromatic heterocycles. The Labute approximate surface area is 134 Å². The topological polar surface area (TPSA) is 76.8 Å². The fourth-order valence-corrected chi connectivity index (χ4v) is 2.47. The van der Waals surface area contributed by atoms with E-state index in [0.29, 0.717) is 5.75 Å². The Bertz CT molecular complexity index is 658. The first-order valence-electron chi connectivity index (χ1n) is 7.41. The summed E-state index contributed by atoms with van der Waals surface area (Å²) in [6.07, 6.45) is 1.60. The van der Waals surface area contributed by atoms with Crippen LogP contribution in [0, 0.1) is 0 Å². The molecule has 0 saturated carbocycles. The lowest BCUT2D eigenvalue weighted by atomic mass is 10.2. The van der Waals surface area contributed by atoms with Gasteiger partial charge >= 0.3 is 6.09 Å². The minimum absolute atomic E-state index is 0.193. The predicted molar refractivity (Wildman–Crippen MR) is 81.8 cm³/mol. The molecule has 0 spiro atoms. The van der Waals surface area contributed by atoms with E-state index in [1.807, 2.05) is 30.3 Å². The number of nitrogens with zero attached hydrogens (tertiary/aromatic N) is 3. The summed E-state index contributed by atoms with van der Waals surface area (Å²) < 4.78 is 12.5. The van der Waals surface area contributed by atoms with Crippen LogP contribution in [0.3, 0.4) is 0 Å². The number of benzene rings is 1. The van der Waals surface area contributed by atoms with Crippen molar-refractivity contribution in [1.82, 2.24) is 14.7 Å². The number of hydrogen-bond acceptors (Lipinski definition) is 5. The van der Waals surface area contributed by atoms with Gasteiger partial charge in [-0.25, -0.2) is 4.79 Å². The van der Waals surface area contributed by atoms with E-state index in [9.17, 15) is 9.90 Å². The molecule has 1 amide bonds. The van der Waals surface area contributed by atoms with Gasteiger partial charge in [0.2, 0.25) is 0 Å². The molecule has 1 N–H and O–H groups in total. The molecule has 0 bridgehead atoms. The van der Waals surface area contributed by atoms with Crippen LogP contribution >= 0.6 is 0 Å². The summed E-state index contributed by atoms with van der Waals surface area (Å²) in [5, 5.41) is 14.1. The smallest absolute Gasteiger partial charge is 0.410 e. The Balaban J connectivity index is 1.52. The molecule has 2 heterocycles. The van der Waals surface area contributed by atoms with Gasteiger partial charge in [0.05, 0.1) is 25.5 Å². The van der Waals surface area contributed by atoms with Crippen LogP contribution in [0.15, 0.2) is 42.7 Å². The molecule has 1 aliphatic rings. The van der Waals surface area contributed by atoms with Crippen LogP contribution in [0.2, 0.25) is 0 Å². The highest BCUT2D eigenvalue weighted by atomic mass is 16.6. The summed E-state index contributed by atoms with van der Waals surface area (Å²) >= 11 is 0. The summed E-state index contributed by atoms with van der Waals surface area (Å²) in [5.74, 6) is 0.566. The number of aryl methyl sites for hydroxylation is 1. The first-order valence-corrected chi connectivity index (χ1v) is 7.41. The maximum atomic E-state index is 12.1. The Morgan fingerprint density at radius 1 is 1.35 bits per heavy atom. The van der Waals surface area contributed by atoms with E-state index in [4.69, 9.17) is 9.47 Å². The van der Waals surface area contributed by atoms with E-state index < -0.39 is 18.3 Å². The number of aliphatic hydroxyl groups excluding tert-OH is 1. The summed E-state index contributed by atoms with van der Waals surface area (Å²) in [4.78, 5) is 13.5. The number of ether oxygens (including phenoxy) is 2. The molecule has 7 nitrogen and oxygen atoms in total. The largest absolute Gasteiger partial charge is 0.482 e. The highest BCUT2D eigenvalue weighted by Gasteiger charge is 2.36. The van der Waals surface area contributed by atoms with Gasteiger partial charge < -0.3 is 19.5 Å². The molecule has 0 unspecified atom stereocenters. The quantitative estimate of drug-likeness (QED) is 0.916. The van der Waals surface area contributed by atoms with Crippen LogP contribution in [0.5, 0.6) is 5.75 Å². The second-order valence-electron chi connectivity index (χ2n) is 5.52. The lowest BCUT2D eigenvalue weighted by Crippen LogP contribution is -2.31. The van der Waals surface area contributed by atoms with Crippen LogP contribution in [0.1, 0.15) is 5.56 Å². The molecule has 1 fully saturated rings. The number of hydrogen-bond donors (Lipinski definition) is 1. The molecular formula is C16H19N3O4. The van der Waals surface area contributed by atoms with Gasteiger partial charge in [-0.1, -0.05) is 30.3 Å². The molecule has 122 valence electrons. The molecule has 1 aliphatic heterocycles. The third-order valence-corrected chi connectivity index (χ3v) is 3.67. The lowest BCUT2D eigenvalue weighted by molar-refractivity contribution is 0.0734. The minimum atomic E-state index is -0.750. The molecule has 1 saturated heterocycles. The fourth-order valence-electron chi connectivity index (χ4n) is 2.47. The second-order valence-corrected chi connectivity index (χ2v) is 5.52. The Morgan fingerprint density at radius 2 is 2.13 bits per heavy atom.